The summed E-state index contributed by atoms with van der Waals surface area (Å²) < 4.78 is 8.30. The number of hydrazone groups is 1. The molecule has 0 spiro atoms. The van der Waals surface area contributed by atoms with Gasteiger partial charge in [0.25, 0.3) is 0 Å². The SMILES string of the molecule is COc1ccc(CC(=O)N/N=C\c2cc(C)n(-c3ccccc3Br)c2C)cc1. The molecule has 1 N–H and O–H groups in total. The van der Waals surface area contributed by atoms with Crippen LogP contribution in [0.25, 0.3) is 5.69 Å². The third kappa shape index (κ3) is 4.51. The Kier molecular flexibility index (Phi) is 6.31. The number of halogens is 1. The minimum absolute atomic E-state index is 0.166. The Balaban J connectivity index is 1.68. The van der Waals surface area contributed by atoms with Gasteiger partial charge in [-0.1, -0.05) is 24.3 Å². The Bertz CT molecular complexity index is 1010. The van der Waals surface area contributed by atoms with Gasteiger partial charge in [-0.05, 0) is 65.7 Å². The normalized spacial score (nSPS) is 11.0. The number of rotatable bonds is 6. The molecule has 3 rings (SSSR count). The summed E-state index contributed by atoms with van der Waals surface area (Å²) in [7, 11) is 1.61. The molecule has 0 aliphatic rings. The van der Waals surface area contributed by atoms with Crippen LogP contribution in [0.5, 0.6) is 5.75 Å². The quantitative estimate of drug-likeness (QED) is 0.452. The summed E-state index contributed by atoms with van der Waals surface area (Å²) in [5, 5.41) is 4.13. The molecule has 1 aromatic heterocycles. The molecule has 3 aromatic rings. The smallest absolute Gasteiger partial charge is 0.244 e. The average Bonchev–Trinajstić information content (AvgIpc) is 2.96. The lowest BCUT2D eigenvalue weighted by atomic mass is 10.1. The Hall–Kier alpha value is -2.86. The van der Waals surface area contributed by atoms with Crippen molar-refractivity contribution in [3.8, 4) is 11.4 Å². The second kappa shape index (κ2) is 8.89. The van der Waals surface area contributed by atoms with E-state index in [0.29, 0.717) is 0 Å². The molecule has 0 aliphatic heterocycles. The molecule has 2 aromatic carbocycles. The highest BCUT2D eigenvalue weighted by Crippen LogP contribution is 2.26. The number of methoxy groups -OCH3 is 1. The number of carbonyl (C=O) groups excluding carboxylic acids is 1. The van der Waals surface area contributed by atoms with Crippen LogP contribution in [-0.4, -0.2) is 23.8 Å². The van der Waals surface area contributed by atoms with Gasteiger partial charge in [-0.25, -0.2) is 5.43 Å². The van der Waals surface area contributed by atoms with Crippen molar-refractivity contribution < 1.29 is 9.53 Å². The fraction of sp³-hybridized carbons (Fsp3) is 0.182. The molecule has 0 fully saturated rings. The standard InChI is InChI=1S/C22H22BrN3O2/c1-15-12-18(16(2)26(15)21-7-5-4-6-20(21)23)14-24-25-22(27)13-17-8-10-19(28-3)11-9-17/h4-12,14H,13H2,1-3H3,(H,25,27)/b24-14-. The van der Waals surface area contributed by atoms with E-state index in [1.807, 2.05) is 62.4 Å². The first-order valence-electron chi connectivity index (χ1n) is 8.88. The highest BCUT2D eigenvalue weighted by atomic mass is 79.9. The molecule has 0 saturated carbocycles. The summed E-state index contributed by atoms with van der Waals surface area (Å²) in [4.78, 5) is 12.1. The van der Waals surface area contributed by atoms with Crippen molar-refractivity contribution in [2.75, 3.05) is 7.11 Å². The van der Waals surface area contributed by atoms with E-state index in [-0.39, 0.29) is 12.3 Å². The Labute approximate surface area is 173 Å². The molecular formula is C22H22BrN3O2. The van der Waals surface area contributed by atoms with Crippen molar-refractivity contribution in [2.45, 2.75) is 20.3 Å². The number of para-hydroxylation sites is 1. The number of ether oxygens (including phenoxy) is 1. The molecule has 0 atom stereocenters. The van der Waals surface area contributed by atoms with E-state index in [9.17, 15) is 4.79 Å². The molecule has 1 amide bonds. The topological polar surface area (TPSA) is 55.6 Å². The zero-order valence-electron chi connectivity index (χ0n) is 16.1. The number of benzene rings is 2. The number of hydrogen-bond donors (Lipinski definition) is 1. The second-order valence-electron chi connectivity index (χ2n) is 6.43. The summed E-state index contributed by atoms with van der Waals surface area (Å²) in [6, 6.07) is 17.5. The van der Waals surface area contributed by atoms with Crippen LogP contribution >= 0.6 is 15.9 Å². The highest BCUT2D eigenvalue weighted by molar-refractivity contribution is 9.10. The molecule has 1 heterocycles. The summed E-state index contributed by atoms with van der Waals surface area (Å²) >= 11 is 3.60. The minimum Gasteiger partial charge on any atom is -0.497 e. The lowest BCUT2D eigenvalue weighted by molar-refractivity contribution is -0.120. The van der Waals surface area contributed by atoms with Crippen LogP contribution in [0.2, 0.25) is 0 Å². The monoisotopic (exact) mass is 439 g/mol. The predicted molar refractivity (Wildman–Crippen MR) is 115 cm³/mol. The highest BCUT2D eigenvalue weighted by Gasteiger charge is 2.11. The summed E-state index contributed by atoms with van der Waals surface area (Å²) in [5.41, 5.74) is 7.67. The van der Waals surface area contributed by atoms with Crippen LogP contribution in [0.1, 0.15) is 22.5 Å². The number of carbonyl (C=O) groups is 1. The van der Waals surface area contributed by atoms with Gasteiger partial charge in [0.15, 0.2) is 0 Å². The molecular weight excluding hydrogens is 418 g/mol. The maximum absolute atomic E-state index is 12.1. The molecule has 0 aliphatic carbocycles. The first-order chi connectivity index (χ1) is 13.5. The van der Waals surface area contributed by atoms with Gasteiger partial charge < -0.3 is 9.30 Å². The number of amides is 1. The van der Waals surface area contributed by atoms with Gasteiger partial charge in [-0.15, -0.1) is 0 Å². The maximum Gasteiger partial charge on any atom is 0.244 e. The van der Waals surface area contributed by atoms with Crippen LogP contribution in [0.3, 0.4) is 0 Å². The lowest BCUT2D eigenvalue weighted by Gasteiger charge is -2.11. The Morgan fingerprint density at radius 2 is 1.89 bits per heavy atom. The van der Waals surface area contributed by atoms with Crippen molar-refractivity contribution in [2.24, 2.45) is 5.10 Å². The van der Waals surface area contributed by atoms with Crippen molar-refractivity contribution in [1.82, 2.24) is 9.99 Å². The number of nitrogens with one attached hydrogen (secondary N) is 1. The van der Waals surface area contributed by atoms with Gasteiger partial charge in [0.05, 0.1) is 25.4 Å². The Morgan fingerprint density at radius 3 is 2.57 bits per heavy atom. The van der Waals surface area contributed by atoms with E-state index in [4.69, 9.17) is 4.74 Å². The first kappa shape index (κ1) is 19.9. The minimum atomic E-state index is -0.166. The van der Waals surface area contributed by atoms with Gasteiger partial charge in [0.2, 0.25) is 5.91 Å². The van der Waals surface area contributed by atoms with Crippen molar-refractivity contribution >= 4 is 28.1 Å². The van der Waals surface area contributed by atoms with E-state index < -0.39 is 0 Å². The van der Waals surface area contributed by atoms with Crippen LogP contribution in [0.15, 0.2) is 64.2 Å². The van der Waals surface area contributed by atoms with Gasteiger partial charge in [-0.3, -0.25) is 4.79 Å². The third-order valence-electron chi connectivity index (χ3n) is 4.48. The van der Waals surface area contributed by atoms with Crippen LogP contribution < -0.4 is 10.2 Å². The predicted octanol–water partition coefficient (Wildman–Crippen LogP) is 4.56. The van der Waals surface area contributed by atoms with Crippen LogP contribution in [0.4, 0.5) is 0 Å². The van der Waals surface area contributed by atoms with E-state index in [1.54, 1.807) is 13.3 Å². The molecule has 5 nitrogen and oxygen atoms in total. The van der Waals surface area contributed by atoms with Crippen LogP contribution in [0, 0.1) is 13.8 Å². The van der Waals surface area contributed by atoms with Crippen molar-refractivity contribution in [3.63, 3.8) is 0 Å². The maximum atomic E-state index is 12.1. The largest absolute Gasteiger partial charge is 0.497 e. The first-order valence-corrected chi connectivity index (χ1v) is 9.67. The van der Waals surface area contributed by atoms with Crippen molar-refractivity contribution in [1.29, 1.82) is 0 Å². The van der Waals surface area contributed by atoms with E-state index in [1.165, 1.54) is 0 Å². The van der Waals surface area contributed by atoms with Gasteiger partial charge >= 0.3 is 0 Å². The zero-order valence-corrected chi connectivity index (χ0v) is 17.7. The van der Waals surface area contributed by atoms with Gasteiger partial charge in [0, 0.05) is 21.4 Å². The van der Waals surface area contributed by atoms with Gasteiger partial charge in [-0.2, -0.15) is 5.10 Å². The number of nitrogens with zero attached hydrogens (tertiary/aromatic N) is 2. The number of hydrogen-bond acceptors (Lipinski definition) is 3. The molecule has 0 saturated heterocycles. The molecule has 0 radical (unpaired) electrons. The summed E-state index contributed by atoms with van der Waals surface area (Å²) in [5.74, 6) is 0.601. The molecule has 0 unspecified atom stereocenters. The molecule has 0 bridgehead atoms. The van der Waals surface area contributed by atoms with E-state index in [0.717, 1.165) is 38.4 Å². The molecule has 28 heavy (non-hydrogen) atoms. The fourth-order valence-electron chi connectivity index (χ4n) is 3.06. The van der Waals surface area contributed by atoms with E-state index in [2.05, 4.69) is 37.1 Å². The zero-order chi connectivity index (χ0) is 20.1. The van der Waals surface area contributed by atoms with E-state index >= 15 is 0 Å². The second-order valence-corrected chi connectivity index (χ2v) is 7.29. The lowest BCUT2D eigenvalue weighted by Crippen LogP contribution is -2.19. The number of aryl methyl sites for hydroxylation is 1. The summed E-state index contributed by atoms with van der Waals surface area (Å²) in [6.07, 6.45) is 1.94. The number of aromatic nitrogens is 1. The third-order valence-corrected chi connectivity index (χ3v) is 5.15. The molecule has 144 valence electrons. The summed E-state index contributed by atoms with van der Waals surface area (Å²) in [6.45, 7) is 4.08. The van der Waals surface area contributed by atoms with Gasteiger partial charge in [0.1, 0.15) is 5.75 Å². The Morgan fingerprint density at radius 1 is 1.18 bits per heavy atom. The average molecular weight is 440 g/mol. The van der Waals surface area contributed by atoms with Crippen molar-refractivity contribution in [3.05, 3.63) is 81.6 Å². The molecule has 6 heteroatoms. The fourth-order valence-corrected chi connectivity index (χ4v) is 3.53. The van der Waals surface area contributed by atoms with Crippen LogP contribution in [-0.2, 0) is 11.2 Å².